The van der Waals surface area contributed by atoms with Gasteiger partial charge < -0.3 is 10.2 Å². The van der Waals surface area contributed by atoms with Crippen molar-refractivity contribution >= 4 is 73.9 Å². The molecule has 0 spiro atoms. The highest BCUT2D eigenvalue weighted by Gasteiger charge is 2.33. The van der Waals surface area contributed by atoms with Crippen LogP contribution in [0.2, 0.25) is 20.1 Å². The molecule has 0 aliphatic rings. The minimum Gasteiger partial charge on any atom is -0.352 e. The van der Waals surface area contributed by atoms with Gasteiger partial charge in [0.25, 0.3) is 10.0 Å². The maximum Gasteiger partial charge on any atom is 0.264 e. The van der Waals surface area contributed by atoms with Crippen LogP contribution >= 0.6 is 46.4 Å². The van der Waals surface area contributed by atoms with Crippen LogP contribution in [0.5, 0.6) is 0 Å². The SMILES string of the molecule is CC[C@@H](C)NC(=O)[C@H](C)N(Cc1ccc(Cl)cc1Cl)C(=O)CN(c1ccc(Cl)cc1Cl)S(=O)(=O)c1ccccc1. The maximum atomic E-state index is 14.0. The molecule has 3 aromatic carbocycles. The molecule has 3 rings (SSSR count). The van der Waals surface area contributed by atoms with Crippen molar-refractivity contribution in [2.24, 2.45) is 0 Å². The van der Waals surface area contributed by atoms with Crippen molar-refractivity contribution in [2.45, 2.75) is 50.7 Å². The highest BCUT2D eigenvalue weighted by Crippen LogP contribution is 2.33. The minimum atomic E-state index is -4.26. The zero-order valence-electron chi connectivity index (χ0n) is 22.1. The van der Waals surface area contributed by atoms with Gasteiger partial charge in [-0.1, -0.05) is 77.6 Å². The molecule has 2 atom stereocenters. The first kappa shape index (κ1) is 32.0. The van der Waals surface area contributed by atoms with Gasteiger partial charge >= 0.3 is 0 Å². The predicted molar refractivity (Wildman–Crippen MR) is 162 cm³/mol. The van der Waals surface area contributed by atoms with Crippen LogP contribution in [-0.2, 0) is 26.2 Å². The van der Waals surface area contributed by atoms with Crippen molar-refractivity contribution in [1.82, 2.24) is 10.2 Å². The molecule has 0 aliphatic heterocycles. The summed E-state index contributed by atoms with van der Waals surface area (Å²) in [6.07, 6.45) is 0.688. The van der Waals surface area contributed by atoms with Crippen molar-refractivity contribution in [3.63, 3.8) is 0 Å². The van der Waals surface area contributed by atoms with Gasteiger partial charge in [-0.15, -0.1) is 0 Å². The molecule has 3 aromatic rings. The molecular weight excluding hydrogens is 616 g/mol. The van der Waals surface area contributed by atoms with E-state index in [2.05, 4.69) is 5.32 Å². The van der Waals surface area contributed by atoms with Crippen molar-refractivity contribution < 1.29 is 18.0 Å². The summed E-state index contributed by atoms with van der Waals surface area (Å²) in [5.74, 6) is -1.04. The summed E-state index contributed by atoms with van der Waals surface area (Å²) in [6, 6.07) is 15.7. The van der Waals surface area contributed by atoms with Crippen LogP contribution in [0.3, 0.4) is 0 Å². The van der Waals surface area contributed by atoms with E-state index in [9.17, 15) is 18.0 Å². The average Bonchev–Trinajstić information content (AvgIpc) is 2.91. The van der Waals surface area contributed by atoms with Crippen molar-refractivity contribution in [3.05, 3.63) is 92.4 Å². The van der Waals surface area contributed by atoms with Gasteiger partial charge in [0.1, 0.15) is 12.6 Å². The zero-order valence-corrected chi connectivity index (χ0v) is 25.9. The number of nitrogens with one attached hydrogen (secondary N) is 1. The first-order valence-corrected chi connectivity index (χ1v) is 15.4. The second-order valence-electron chi connectivity index (χ2n) is 9.17. The Kier molecular flexibility index (Phi) is 11.1. The maximum absolute atomic E-state index is 14.0. The van der Waals surface area contributed by atoms with Crippen LogP contribution < -0.4 is 9.62 Å². The van der Waals surface area contributed by atoms with Crippen LogP contribution in [0, 0.1) is 0 Å². The van der Waals surface area contributed by atoms with Gasteiger partial charge in [-0.2, -0.15) is 0 Å². The molecule has 0 aliphatic carbocycles. The van der Waals surface area contributed by atoms with Gasteiger partial charge in [0, 0.05) is 27.7 Å². The molecule has 12 heteroatoms. The number of rotatable bonds is 11. The molecule has 40 heavy (non-hydrogen) atoms. The van der Waals surface area contributed by atoms with E-state index in [4.69, 9.17) is 46.4 Å². The molecule has 7 nitrogen and oxygen atoms in total. The van der Waals surface area contributed by atoms with Crippen LogP contribution in [0.15, 0.2) is 71.6 Å². The first-order chi connectivity index (χ1) is 18.8. The average molecular weight is 645 g/mol. The predicted octanol–water partition coefficient (Wildman–Crippen LogP) is 6.83. The Balaban J connectivity index is 2.07. The van der Waals surface area contributed by atoms with Crippen molar-refractivity contribution in [3.8, 4) is 0 Å². The van der Waals surface area contributed by atoms with Gasteiger partial charge in [-0.3, -0.25) is 13.9 Å². The van der Waals surface area contributed by atoms with E-state index in [1.54, 1.807) is 37.3 Å². The molecule has 0 radical (unpaired) electrons. The summed E-state index contributed by atoms with van der Waals surface area (Å²) in [5.41, 5.74) is 0.592. The largest absolute Gasteiger partial charge is 0.352 e. The lowest BCUT2D eigenvalue weighted by Crippen LogP contribution is -2.52. The summed E-state index contributed by atoms with van der Waals surface area (Å²) in [4.78, 5) is 28.3. The molecule has 0 unspecified atom stereocenters. The van der Waals surface area contributed by atoms with Gasteiger partial charge in [0.2, 0.25) is 11.8 Å². The third-order valence-electron chi connectivity index (χ3n) is 6.31. The minimum absolute atomic E-state index is 0.0367. The fraction of sp³-hybridized carbons (Fsp3) is 0.286. The van der Waals surface area contributed by atoms with Gasteiger partial charge in [-0.05, 0) is 68.3 Å². The Morgan fingerprint density at radius 1 is 0.875 bits per heavy atom. The normalized spacial score (nSPS) is 12.9. The zero-order chi connectivity index (χ0) is 29.6. The molecule has 0 saturated heterocycles. The Bertz CT molecular complexity index is 1470. The summed E-state index contributed by atoms with van der Waals surface area (Å²) in [5, 5.41) is 3.92. The number of halogens is 4. The highest BCUT2D eigenvalue weighted by atomic mass is 35.5. The number of sulfonamides is 1. The third-order valence-corrected chi connectivity index (χ3v) is 9.21. The summed E-state index contributed by atoms with van der Waals surface area (Å²) in [7, 11) is -4.26. The number of carbonyl (C=O) groups is 2. The van der Waals surface area contributed by atoms with Gasteiger partial charge in [0.05, 0.1) is 15.6 Å². The monoisotopic (exact) mass is 643 g/mol. The molecule has 0 saturated carbocycles. The van der Waals surface area contributed by atoms with E-state index in [0.717, 1.165) is 4.31 Å². The van der Waals surface area contributed by atoms with E-state index in [1.165, 1.54) is 41.3 Å². The molecule has 0 aromatic heterocycles. The second-order valence-corrected chi connectivity index (χ2v) is 12.7. The number of carbonyl (C=O) groups excluding carboxylic acids is 2. The number of amides is 2. The lowest BCUT2D eigenvalue weighted by Gasteiger charge is -2.33. The Morgan fingerprint density at radius 2 is 1.48 bits per heavy atom. The summed E-state index contributed by atoms with van der Waals surface area (Å²) in [6.45, 7) is 4.63. The molecule has 0 fully saturated rings. The molecule has 0 bridgehead atoms. The molecular formula is C28H29Cl4N3O4S. The Hall–Kier alpha value is -2.49. The second kappa shape index (κ2) is 13.9. The number of hydrogen-bond acceptors (Lipinski definition) is 4. The standard InChI is InChI=1S/C28H29Cl4N3O4S/c1-4-18(2)33-28(37)19(3)34(16-20-10-11-21(29)14-24(20)31)27(36)17-35(26-13-12-22(30)15-25(26)32)40(38,39)23-8-6-5-7-9-23/h5-15,18-19H,4,16-17H2,1-3H3,(H,33,37)/t18-,19+/m1/s1. The number of anilines is 1. The summed E-state index contributed by atoms with van der Waals surface area (Å²) < 4.78 is 28.5. The van der Waals surface area contributed by atoms with Crippen LogP contribution in [0.25, 0.3) is 0 Å². The third kappa shape index (κ3) is 7.83. The fourth-order valence-electron chi connectivity index (χ4n) is 3.80. The number of hydrogen-bond donors (Lipinski definition) is 1. The first-order valence-electron chi connectivity index (χ1n) is 12.4. The Morgan fingerprint density at radius 3 is 2.05 bits per heavy atom. The fourth-order valence-corrected chi connectivity index (χ4v) is 6.28. The Labute approximate surface area is 255 Å². The molecule has 214 valence electrons. The smallest absolute Gasteiger partial charge is 0.264 e. The van der Waals surface area contributed by atoms with Crippen molar-refractivity contribution in [1.29, 1.82) is 0 Å². The lowest BCUT2D eigenvalue weighted by molar-refractivity contribution is -0.139. The van der Waals surface area contributed by atoms with Gasteiger partial charge in [-0.25, -0.2) is 8.42 Å². The highest BCUT2D eigenvalue weighted by molar-refractivity contribution is 7.92. The summed E-state index contributed by atoms with van der Waals surface area (Å²) >= 11 is 24.9. The quantitative estimate of drug-likeness (QED) is 0.248. The van der Waals surface area contributed by atoms with E-state index in [-0.39, 0.29) is 28.2 Å². The topological polar surface area (TPSA) is 86.8 Å². The van der Waals surface area contributed by atoms with Crippen LogP contribution in [-0.4, -0.2) is 43.8 Å². The molecule has 0 heterocycles. The van der Waals surface area contributed by atoms with Crippen molar-refractivity contribution in [2.75, 3.05) is 10.8 Å². The van der Waals surface area contributed by atoms with Gasteiger partial charge in [0.15, 0.2) is 0 Å². The molecule has 1 N–H and O–H groups in total. The van der Waals surface area contributed by atoms with E-state index in [1.807, 2.05) is 13.8 Å². The molecule has 2 amide bonds. The van der Waals surface area contributed by atoms with E-state index in [0.29, 0.717) is 27.1 Å². The van der Waals surface area contributed by atoms with Crippen LogP contribution in [0.1, 0.15) is 32.8 Å². The van der Waals surface area contributed by atoms with E-state index < -0.39 is 34.4 Å². The number of nitrogens with zero attached hydrogens (tertiary/aromatic N) is 2. The van der Waals surface area contributed by atoms with Crippen LogP contribution in [0.4, 0.5) is 5.69 Å². The lowest BCUT2D eigenvalue weighted by atomic mass is 10.1. The number of benzene rings is 3. The van der Waals surface area contributed by atoms with E-state index >= 15 is 0 Å².